The minimum atomic E-state index is -4.74. The minimum absolute atomic E-state index is 0. The predicted octanol–water partition coefficient (Wildman–Crippen LogP) is 6.79. The smallest absolute Gasteiger partial charge is 0.358 e. The summed E-state index contributed by atoms with van der Waals surface area (Å²) in [7, 11) is -13.1. The van der Waals surface area contributed by atoms with Gasteiger partial charge in [0.1, 0.15) is 27.6 Å². The van der Waals surface area contributed by atoms with Crippen molar-refractivity contribution >= 4 is 71.1 Å². The van der Waals surface area contributed by atoms with Crippen LogP contribution in [-0.2, 0) is 46.4 Å². The summed E-state index contributed by atoms with van der Waals surface area (Å²) in [5.41, 5.74) is 3.28. The van der Waals surface area contributed by atoms with E-state index in [-0.39, 0.29) is 107 Å². The number of allylic oxidation sites excluding steroid dienone is 2. The largest absolute Gasteiger partial charge is 2.00 e. The van der Waals surface area contributed by atoms with Crippen molar-refractivity contribution in [1.82, 2.24) is 55.2 Å². The molecule has 0 saturated heterocycles. The number of aromatic amines is 1. The fraction of sp³-hybridized carbons (Fsp3) is 0.171. The molecule has 2 aliphatic heterocycles. The summed E-state index contributed by atoms with van der Waals surface area (Å²) in [6, 6.07) is 12.6. The van der Waals surface area contributed by atoms with E-state index in [0.29, 0.717) is 40.8 Å². The topological polar surface area (TPSA) is 339 Å². The molecule has 10 rings (SSSR count). The number of H-pyrrole nitrogens is 1. The molecule has 4 aromatic heterocycles. The summed E-state index contributed by atoms with van der Waals surface area (Å²) in [4.78, 5) is 58.7. The maximum atomic E-state index is 14.0. The number of aryl methyl sites for hydroxylation is 2. The fourth-order valence-electron chi connectivity index (χ4n) is 7.97. The molecule has 0 unspecified atom stereocenters. The Morgan fingerprint density at radius 2 is 1.38 bits per heavy atom. The molecule has 0 saturated carbocycles. The van der Waals surface area contributed by atoms with Crippen LogP contribution < -0.4 is 15.3 Å². The van der Waals surface area contributed by atoms with Gasteiger partial charge in [-0.3, -0.25) is 9.35 Å². The van der Waals surface area contributed by atoms with Crippen molar-refractivity contribution in [3.05, 3.63) is 100.0 Å². The third-order valence-electron chi connectivity index (χ3n) is 11.1. The zero-order chi connectivity index (χ0) is 45.6. The monoisotopic (exact) mass is 1000 g/mol. The average molecular weight is 1000 g/mol. The Bertz CT molecular complexity index is 3490. The molecule has 0 atom stereocenters. The molecular weight excluding hydrogens is 966 g/mol. The molecule has 3 aromatic carbocycles. The van der Waals surface area contributed by atoms with Crippen LogP contribution in [0.1, 0.15) is 45.8 Å². The van der Waals surface area contributed by atoms with Gasteiger partial charge in [0.05, 0.1) is 33.1 Å². The van der Waals surface area contributed by atoms with Gasteiger partial charge in [0, 0.05) is 80.2 Å². The first-order valence-electron chi connectivity index (χ1n) is 19.7. The molecule has 66 heavy (non-hydrogen) atoms. The maximum Gasteiger partial charge on any atom is 2.00 e. The molecule has 1 amide bonds. The van der Waals surface area contributed by atoms with Crippen LogP contribution in [0.3, 0.4) is 0 Å². The van der Waals surface area contributed by atoms with E-state index >= 15 is 0 Å². The van der Waals surface area contributed by atoms with Gasteiger partial charge in [-0.1, -0.05) is 30.3 Å². The Labute approximate surface area is 387 Å². The fourth-order valence-corrected chi connectivity index (χ4v) is 9.65. The van der Waals surface area contributed by atoms with E-state index < -0.39 is 42.7 Å². The molecule has 9 N–H and O–H groups in total. The number of nitrogens with zero attached hydrogens (tertiary/aromatic N) is 9. The first-order chi connectivity index (χ1) is 30.9. The van der Waals surface area contributed by atoms with Crippen LogP contribution >= 0.6 is 21.7 Å². The first-order valence-corrected chi connectivity index (χ1v) is 24.2. The Hall–Kier alpha value is -5.93. The number of rotatable bonds is 9. The molecule has 0 spiro atoms. The van der Waals surface area contributed by atoms with Crippen molar-refractivity contribution in [1.29, 1.82) is 0 Å². The second kappa shape index (κ2) is 16.7. The third-order valence-corrected chi connectivity index (χ3v) is 13.8. The third kappa shape index (κ3) is 8.40. The molecular formula is C41H35CuN11O10S3. The van der Waals surface area contributed by atoms with Crippen LogP contribution in [0, 0.1) is 6.92 Å². The van der Waals surface area contributed by atoms with E-state index in [1.54, 1.807) is 24.4 Å². The normalized spacial score (nSPS) is 13.9. The Morgan fingerprint density at radius 3 is 2.11 bits per heavy atom. The Morgan fingerprint density at radius 1 is 0.712 bits per heavy atom. The van der Waals surface area contributed by atoms with Crippen molar-refractivity contribution in [2.45, 2.75) is 48.8 Å². The number of carbonyl (C=O) groups excluding carboxylic acids is 1. The van der Waals surface area contributed by atoms with Gasteiger partial charge >= 0.3 is 17.1 Å². The predicted molar refractivity (Wildman–Crippen MR) is 240 cm³/mol. The summed E-state index contributed by atoms with van der Waals surface area (Å²) in [5.74, 6) is 0.391. The van der Waals surface area contributed by atoms with E-state index in [4.69, 9.17) is 29.9 Å². The van der Waals surface area contributed by atoms with Gasteiger partial charge in [0.25, 0.3) is 16.0 Å². The molecule has 1 radical (unpaired) electrons. The number of nitrogens with one attached hydrogen (secondary N) is 2. The molecule has 1 aliphatic carbocycles. The van der Waals surface area contributed by atoms with Gasteiger partial charge in [-0.15, -0.1) is 0 Å². The second-order valence-electron chi connectivity index (χ2n) is 15.4. The molecule has 343 valence electrons. The average Bonchev–Trinajstić information content (AvgIpc) is 4.07. The second-order valence-corrected chi connectivity index (χ2v) is 19.8. The zero-order valence-electron chi connectivity index (χ0n) is 34.0. The number of imidazole rings is 1. The SMILES string of the molecule is Cc1ncc(CCCCNC(=O)c2cccc3c2-c2nc-3nc3[n-]c(nc4nc(nc5[n-]c(n2)c2ccc(S(=O)(=O)O)cc52)-c2cc(S(O)(O)O)ccc2-4)c2c3CC=C(S(O)(O)O)C2)[nH]1.[Cu+2]. The van der Waals surface area contributed by atoms with Crippen LogP contribution in [-0.4, -0.2) is 92.6 Å². The van der Waals surface area contributed by atoms with Gasteiger partial charge in [0.15, 0.2) is 0 Å². The molecule has 8 bridgehead atoms. The molecule has 7 aromatic rings. The number of unbranched alkanes of at least 4 members (excludes halogenated alkanes) is 1. The number of fused-ring (bicyclic) bond motifs is 20. The summed E-state index contributed by atoms with van der Waals surface area (Å²) < 4.78 is 96.3. The number of hydrogen-bond donors (Lipinski definition) is 9. The summed E-state index contributed by atoms with van der Waals surface area (Å²) in [5, 5.41) is 3.36. The molecule has 3 aliphatic rings. The van der Waals surface area contributed by atoms with E-state index in [1.807, 2.05) is 6.92 Å². The van der Waals surface area contributed by atoms with Gasteiger partial charge < -0.3 is 67.5 Å². The van der Waals surface area contributed by atoms with Crippen molar-refractivity contribution < 1.29 is 62.2 Å². The molecule has 0 fully saturated rings. The van der Waals surface area contributed by atoms with Crippen LogP contribution in [0.25, 0.3) is 78.9 Å². The van der Waals surface area contributed by atoms with Crippen molar-refractivity contribution in [2.75, 3.05) is 6.54 Å². The molecule has 21 nitrogen and oxygen atoms in total. The van der Waals surface area contributed by atoms with Crippen molar-refractivity contribution in [3.63, 3.8) is 0 Å². The number of carbonyl (C=O) groups is 1. The Kier molecular flexibility index (Phi) is 11.5. The standard InChI is InChI=1S/C41H36N11O10S3.Cu/c1-19-43-18-20(44-19)5-2-3-14-42-41(53)28-7-4-6-27-32(28)40-51-35-26-13-10-23(65(60,61)62)17-31(26)39(49-35)50-38-30-16-22(64(57,58)59)9-12-25(30)34(48-38)47-37-29-15-21(63(54,55)56)8-11-24(29)33(46-37)45-36(27)52-40;/h4,6-10,12-13,16-18H,2-3,5,11,14-15H2,1H3,(H10-,42,43,44,45,46,47,48,49,50,51,52,53,54,55,56,57,58,59,60,61,62);/q-1;+2/p-1. The summed E-state index contributed by atoms with van der Waals surface area (Å²) in [6.45, 7) is 2.23. The van der Waals surface area contributed by atoms with Crippen LogP contribution in [0.2, 0.25) is 0 Å². The van der Waals surface area contributed by atoms with Crippen molar-refractivity contribution in [3.8, 4) is 45.6 Å². The molecule has 25 heteroatoms. The number of benzene rings is 3. The van der Waals surface area contributed by atoms with E-state index in [1.165, 1.54) is 30.3 Å². The van der Waals surface area contributed by atoms with Gasteiger partial charge in [-0.25, -0.2) is 15.0 Å². The maximum absolute atomic E-state index is 14.0. The minimum Gasteiger partial charge on any atom is -0.358 e. The number of hydrogen-bond acceptors (Lipinski definition) is 16. The Balaban J connectivity index is 0.00000548. The van der Waals surface area contributed by atoms with E-state index in [2.05, 4.69) is 25.3 Å². The quantitative estimate of drug-likeness (QED) is 0.0408. The van der Waals surface area contributed by atoms with Gasteiger partial charge in [-0.05, 0) is 84.8 Å². The van der Waals surface area contributed by atoms with Crippen LogP contribution in [0.5, 0.6) is 0 Å². The first kappa shape index (κ1) is 45.2. The van der Waals surface area contributed by atoms with E-state index in [0.717, 1.165) is 36.5 Å². The van der Waals surface area contributed by atoms with Crippen molar-refractivity contribution in [2.24, 2.45) is 0 Å². The summed E-state index contributed by atoms with van der Waals surface area (Å²) in [6.07, 6.45) is 5.31. The number of aromatic nitrogens is 10. The van der Waals surface area contributed by atoms with E-state index in [9.17, 15) is 45.1 Å². The van der Waals surface area contributed by atoms with Crippen LogP contribution in [0.4, 0.5) is 0 Å². The van der Waals surface area contributed by atoms with Gasteiger partial charge in [-0.2, -0.15) is 8.42 Å². The summed E-state index contributed by atoms with van der Waals surface area (Å²) >= 11 is 0. The van der Waals surface area contributed by atoms with Crippen LogP contribution in [0.15, 0.2) is 81.6 Å². The zero-order valence-corrected chi connectivity index (χ0v) is 37.4. The number of amides is 1. The van der Waals surface area contributed by atoms with Gasteiger partial charge in [0.2, 0.25) is 0 Å². The molecule has 6 heterocycles.